The van der Waals surface area contributed by atoms with Gasteiger partial charge in [0.15, 0.2) is 5.96 Å². The number of hydrogen-bond acceptors (Lipinski definition) is 3. The van der Waals surface area contributed by atoms with Gasteiger partial charge in [-0.05, 0) is 13.0 Å². The average molecular weight is 349 g/mol. The third kappa shape index (κ3) is 6.34. The third-order valence-corrected chi connectivity index (χ3v) is 4.25. The van der Waals surface area contributed by atoms with Gasteiger partial charge in [0, 0.05) is 58.3 Å². The maximum absolute atomic E-state index is 13.7. The van der Waals surface area contributed by atoms with Gasteiger partial charge in [0.25, 0.3) is 0 Å². The highest BCUT2D eigenvalue weighted by molar-refractivity contribution is 5.79. The first-order valence-corrected chi connectivity index (χ1v) is 8.83. The van der Waals surface area contributed by atoms with E-state index in [-0.39, 0.29) is 11.7 Å². The maximum Gasteiger partial charge on any atom is 0.219 e. The van der Waals surface area contributed by atoms with Crippen molar-refractivity contribution in [3.8, 4) is 0 Å². The molecule has 1 amide bonds. The summed E-state index contributed by atoms with van der Waals surface area (Å²) < 4.78 is 13.7. The van der Waals surface area contributed by atoms with Gasteiger partial charge in [-0.25, -0.2) is 9.38 Å². The van der Waals surface area contributed by atoms with Gasteiger partial charge in [0.2, 0.25) is 5.91 Å². The molecule has 2 N–H and O–H groups in total. The first-order valence-electron chi connectivity index (χ1n) is 8.83. The molecule has 2 rings (SSSR count). The monoisotopic (exact) mass is 349 g/mol. The molecule has 1 aliphatic rings. The molecule has 0 bridgehead atoms. The van der Waals surface area contributed by atoms with Crippen molar-refractivity contribution in [1.82, 2.24) is 20.4 Å². The van der Waals surface area contributed by atoms with Gasteiger partial charge in [-0.1, -0.05) is 18.2 Å². The smallest absolute Gasteiger partial charge is 0.219 e. The standard InChI is InChI=1S/C18H28FN5O/c1-3-20-18(22-14-16-6-4-5-7-17(16)19)21-8-9-23-10-12-24(13-11-23)15(2)25/h4-7H,3,8-14H2,1-2H3,(H2,20,21,22). The van der Waals surface area contributed by atoms with Gasteiger partial charge >= 0.3 is 0 Å². The fraction of sp³-hybridized carbons (Fsp3) is 0.556. The Kier molecular flexibility index (Phi) is 7.66. The van der Waals surface area contributed by atoms with Crippen LogP contribution in [-0.2, 0) is 11.3 Å². The van der Waals surface area contributed by atoms with Crippen molar-refractivity contribution in [2.24, 2.45) is 4.99 Å². The van der Waals surface area contributed by atoms with Crippen LogP contribution in [0.25, 0.3) is 0 Å². The van der Waals surface area contributed by atoms with Crippen molar-refractivity contribution in [2.45, 2.75) is 20.4 Å². The van der Waals surface area contributed by atoms with Crippen LogP contribution in [0.4, 0.5) is 4.39 Å². The third-order valence-electron chi connectivity index (χ3n) is 4.25. The molecule has 0 aromatic heterocycles. The number of amides is 1. The zero-order valence-corrected chi connectivity index (χ0v) is 15.1. The first kappa shape index (κ1) is 19.2. The minimum Gasteiger partial charge on any atom is -0.357 e. The number of nitrogens with zero attached hydrogens (tertiary/aromatic N) is 3. The summed E-state index contributed by atoms with van der Waals surface area (Å²) in [5.41, 5.74) is 0.583. The van der Waals surface area contributed by atoms with E-state index in [1.807, 2.05) is 17.9 Å². The van der Waals surface area contributed by atoms with E-state index in [0.717, 1.165) is 45.8 Å². The molecule has 0 saturated carbocycles. The summed E-state index contributed by atoms with van der Waals surface area (Å²) in [6, 6.07) is 6.69. The number of halogens is 1. The predicted octanol–water partition coefficient (Wildman–Crippen LogP) is 1.04. The topological polar surface area (TPSA) is 60.0 Å². The molecule has 1 aliphatic heterocycles. The summed E-state index contributed by atoms with van der Waals surface area (Å²) in [6.07, 6.45) is 0. The highest BCUT2D eigenvalue weighted by atomic mass is 19.1. The fourth-order valence-electron chi connectivity index (χ4n) is 2.75. The Hall–Kier alpha value is -2.15. The molecule has 1 heterocycles. The second kappa shape index (κ2) is 9.98. The maximum atomic E-state index is 13.7. The van der Waals surface area contributed by atoms with Gasteiger partial charge in [0.05, 0.1) is 6.54 Å². The molecule has 0 unspecified atom stereocenters. The van der Waals surface area contributed by atoms with Crippen molar-refractivity contribution in [3.63, 3.8) is 0 Å². The summed E-state index contributed by atoms with van der Waals surface area (Å²) in [7, 11) is 0. The number of benzene rings is 1. The number of nitrogens with one attached hydrogen (secondary N) is 2. The van der Waals surface area contributed by atoms with Crippen molar-refractivity contribution >= 4 is 11.9 Å². The summed E-state index contributed by atoms with van der Waals surface area (Å²) in [5, 5.41) is 6.46. The number of aliphatic imine (C=N–C) groups is 1. The van der Waals surface area contributed by atoms with Crippen LogP contribution in [0.2, 0.25) is 0 Å². The van der Waals surface area contributed by atoms with E-state index in [4.69, 9.17) is 0 Å². The van der Waals surface area contributed by atoms with Crippen LogP contribution in [0.3, 0.4) is 0 Å². The van der Waals surface area contributed by atoms with Gasteiger partial charge < -0.3 is 15.5 Å². The number of guanidine groups is 1. The molecular formula is C18H28FN5O. The Bertz CT molecular complexity index is 585. The molecule has 0 atom stereocenters. The highest BCUT2D eigenvalue weighted by Gasteiger charge is 2.17. The molecule has 25 heavy (non-hydrogen) atoms. The van der Waals surface area contributed by atoms with Crippen LogP contribution in [0, 0.1) is 5.82 Å². The fourth-order valence-corrected chi connectivity index (χ4v) is 2.75. The van der Waals surface area contributed by atoms with Crippen molar-refractivity contribution in [2.75, 3.05) is 45.8 Å². The molecule has 0 radical (unpaired) electrons. The normalized spacial score (nSPS) is 16.0. The Morgan fingerprint density at radius 2 is 1.92 bits per heavy atom. The first-order chi connectivity index (χ1) is 12.1. The lowest BCUT2D eigenvalue weighted by atomic mass is 10.2. The van der Waals surface area contributed by atoms with Crippen molar-refractivity contribution in [3.05, 3.63) is 35.6 Å². The van der Waals surface area contributed by atoms with Crippen LogP contribution < -0.4 is 10.6 Å². The lowest BCUT2D eigenvalue weighted by molar-refractivity contribution is -0.130. The van der Waals surface area contributed by atoms with Crippen LogP contribution >= 0.6 is 0 Å². The van der Waals surface area contributed by atoms with E-state index < -0.39 is 0 Å². The van der Waals surface area contributed by atoms with Gasteiger partial charge in [-0.3, -0.25) is 9.69 Å². The van der Waals surface area contributed by atoms with Crippen LogP contribution in [0.5, 0.6) is 0 Å². The number of rotatable bonds is 6. The minimum atomic E-state index is -0.231. The molecule has 7 heteroatoms. The summed E-state index contributed by atoms with van der Waals surface area (Å²) in [4.78, 5) is 20.0. The Balaban J connectivity index is 1.77. The number of piperazine rings is 1. The highest BCUT2D eigenvalue weighted by Crippen LogP contribution is 2.07. The van der Waals surface area contributed by atoms with Gasteiger partial charge in [0.1, 0.15) is 5.82 Å². The second-order valence-electron chi connectivity index (χ2n) is 6.06. The zero-order valence-electron chi connectivity index (χ0n) is 15.1. The van der Waals surface area contributed by atoms with Crippen LogP contribution in [0.1, 0.15) is 19.4 Å². The number of carbonyl (C=O) groups is 1. The largest absolute Gasteiger partial charge is 0.357 e. The van der Waals surface area contributed by atoms with E-state index in [0.29, 0.717) is 18.1 Å². The lowest BCUT2D eigenvalue weighted by Crippen LogP contribution is -2.50. The molecule has 0 spiro atoms. The van der Waals surface area contributed by atoms with E-state index in [1.54, 1.807) is 19.1 Å². The minimum absolute atomic E-state index is 0.146. The van der Waals surface area contributed by atoms with Crippen molar-refractivity contribution in [1.29, 1.82) is 0 Å². The summed E-state index contributed by atoms with van der Waals surface area (Å²) in [5.74, 6) is 0.603. The van der Waals surface area contributed by atoms with E-state index in [2.05, 4.69) is 20.5 Å². The Morgan fingerprint density at radius 1 is 1.20 bits per heavy atom. The van der Waals surface area contributed by atoms with Gasteiger partial charge in [-0.2, -0.15) is 0 Å². The summed E-state index contributed by atoms with van der Waals surface area (Å²) >= 11 is 0. The zero-order chi connectivity index (χ0) is 18.1. The van der Waals surface area contributed by atoms with E-state index in [1.165, 1.54) is 6.07 Å². The SMILES string of the molecule is CCNC(=NCc1ccccc1F)NCCN1CCN(C(C)=O)CC1. The molecule has 1 saturated heterocycles. The number of carbonyl (C=O) groups excluding carboxylic acids is 1. The van der Waals surface area contributed by atoms with Crippen LogP contribution in [0.15, 0.2) is 29.3 Å². The molecular weight excluding hydrogens is 321 g/mol. The van der Waals surface area contributed by atoms with E-state index in [9.17, 15) is 9.18 Å². The van der Waals surface area contributed by atoms with Crippen molar-refractivity contribution < 1.29 is 9.18 Å². The molecule has 1 aromatic carbocycles. The summed E-state index contributed by atoms with van der Waals surface area (Å²) in [6.45, 7) is 9.67. The number of hydrogen-bond donors (Lipinski definition) is 2. The molecule has 1 aromatic rings. The Morgan fingerprint density at radius 3 is 2.56 bits per heavy atom. The van der Waals surface area contributed by atoms with E-state index >= 15 is 0 Å². The second-order valence-corrected chi connectivity index (χ2v) is 6.06. The average Bonchev–Trinajstić information content (AvgIpc) is 2.61. The Labute approximate surface area is 149 Å². The molecule has 0 aliphatic carbocycles. The van der Waals surface area contributed by atoms with Crippen LogP contribution in [-0.4, -0.2) is 67.5 Å². The molecule has 6 nitrogen and oxygen atoms in total. The molecule has 1 fully saturated rings. The quantitative estimate of drug-likeness (QED) is 0.595. The predicted molar refractivity (Wildman–Crippen MR) is 97.9 cm³/mol. The van der Waals surface area contributed by atoms with Gasteiger partial charge in [-0.15, -0.1) is 0 Å². The molecule has 138 valence electrons. The lowest BCUT2D eigenvalue weighted by Gasteiger charge is -2.34.